The lowest BCUT2D eigenvalue weighted by molar-refractivity contribution is 0.639. The van der Waals surface area contributed by atoms with Crippen LogP contribution in [0.15, 0.2) is 53.8 Å². The third kappa shape index (κ3) is 4.41. The van der Waals surface area contributed by atoms with Gasteiger partial charge in [-0.05, 0) is 36.9 Å². The summed E-state index contributed by atoms with van der Waals surface area (Å²) in [5, 5.41) is 12.2. The normalized spacial score (nSPS) is 11.8. The number of rotatable bonds is 7. The lowest BCUT2D eigenvalue weighted by atomic mass is 10.2. The number of aryl methyl sites for hydroxylation is 2. The number of benzene rings is 1. The molecule has 0 aliphatic rings. The number of para-hydroxylation sites is 1. The van der Waals surface area contributed by atoms with Gasteiger partial charge in [-0.15, -0.1) is 0 Å². The molecule has 0 atom stereocenters. The molecule has 0 saturated carbocycles. The van der Waals surface area contributed by atoms with Crippen LogP contribution in [0.3, 0.4) is 0 Å². The van der Waals surface area contributed by atoms with E-state index in [0.717, 1.165) is 37.7 Å². The summed E-state index contributed by atoms with van der Waals surface area (Å²) in [6, 6.07) is 12.6. The lowest BCUT2D eigenvalue weighted by Gasteiger charge is -2.12. The zero-order chi connectivity index (χ0) is 17.5. The van der Waals surface area contributed by atoms with Gasteiger partial charge in [-0.3, -0.25) is 4.68 Å². The second-order valence-electron chi connectivity index (χ2n) is 5.99. The summed E-state index contributed by atoms with van der Waals surface area (Å²) in [5.74, 6) is 0.848. The van der Waals surface area contributed by atoms with Crippen LogP contribution in [0.2, 0.25) is 0 Å². The van der Waals surface area contributed by atoms with Gasteiger partial charge >= 0.3 is 0 Å². The molecule has 0 radical (unpaired) electrons. The highest BCUT2D eigenvalue weighted by Crippen LogP contribution is 2.15. The summed E-state index contributed by atoms with van der Waals surface area (Å²) in [6.45, 7) is 5.41. The molecule has 1 aromatic carbocycles. The van der Waals surface area contributed by atoms with Crippen molar-refractivity contribution < 1.29 is 0 Å². The largest absolute Gasteiger partial charge is 0.357 e. The molecule has 2 N–H and O–H groups in total. The van der Waals surface area contributed by atoms with Gasteiger partial charge in [0.05, 0.1) is 12.2 Å². The van der Waals surface area contributed by atoms with E-state index in [1.807, 2.05) is 17.8 Å². The van der Waals surface area contributed by atoms with Gasteiger partial charge in [0.2, 0.25) is 0 Å². The summed E-state index contributed by atoms with van der Waals surface area (Å²) in [5.41, 5.74) is 2.38. The summed E-state index contributed by atoms with van der Waals surface area (Å²) in [6.07, 6.45) is 4.99. The Hall–Kier alpha value is -2.76. The van der Waals surface area contributed by atoms with Crippen LogP contribution in [0.25, 0.3) is 10.9 Å². The second-order valence-corrected chi connectivity index (χ2v) is 5.99. The Morgan fingerprint density at radius 2 is 2.04 bits per heavy atom. The van der Waals surface area contributed by atoms with E-state index >= 15 is 0 Å². The Morgan fingerprint density at radius 1 is 1.16 bits per heavy atom. The SMILES string of the molecule is CCNC(=NCc1ccnn1C)NCCCn1ccc2ccccc21. The molecule has 6 heteroatoms. The smallest absolute Gasteiger partial charge is 0.191 e. The van der Waals surface area contributed by atoms with Crippen LogP contribution < -0.4 is 10.6 Å². The monoisotopic (exact) mass is 338 g/mol. The quantitative estimate of drug-likeness (QED) is 0.395. The minimum Gasteiger partial charge on any atom is -0.357 e. The van der Waals surface area contributed by atoms with Crippen LogP contribution in [-0.2, 0) is 20.1 Å². The molecule has 25 heavy (non-hydrogen) atoms. The minimum absolute atomic E-state index is 0.619. The molecule has 6 nitrogen and oxygen atoms in total. The second kappa shape index (κ2) is 8.37. The van der Waals surface area contributed by atoms with Crippen molar-refractivity contribution in [2.75, 3.05) is 13.1 Å². The fraction of sp³-hybridized carbons (Fsp3) is 0.368. The Balaban J connectivity index is 1.50. The molecule has 2 heterocycles. The topological polar surface area (TPSA) is 59.2 Å². The maximum absolute atomic E-state index is 4.63. The maximum atomic E-state index is 4.63. The van der Waals surface area contributed by atoms with Crippen LogP contribution >= 0.6 is 0 Å². The molecule has 3 aromatic rings. The van der Waals surface area contributed by atoms with Gasteiger partial charge in [-0.1, -0.05) is 18.2 Å². The number of aliphatic imine (C=N–C) groups is 1. The van der Waals surface area contributed by atoms with Crippen molar-refractivity contribution in [2.24, 2.45) is 12.0 Å². The van der Waals surface area contributed by atoms with E-state index in [4.69, 9.17) is 0 Å². The van der Waals surface area contributed by atoms with E-state index in [0.29, 0.717) is 6.54 Å². The fourth-order valence-electron chi connectivity index (χ4n) is 2.85. The number of hydrogen-bond donors (Lipinski definition) is 2. The molecule has 0 aliphatic carbocycles. The maximum Gasteiger partial charge on any atom is 0.191 e. The summed E-state index contributed by atoms with van der Waals surface area (Å²) < 4.78 is 4.15. The molecular formula is C19H26N6. The van der Waals surface area contributed by atoms with Crippen LogP contribution in [-0.4, -0.2) is 33.4 Å². The van der Waals surface area contributed by atoms with Gasteiger partial charge in [0.25, 0.3) is 0 Å². The van der Waals surface area contributed by atoms with Crippen molar-refractivity contribution in [1.82, 2.24) is 25.0 Å². The van der Waals surface area contributed by atoms with Gasteiger partial charge in [0.15, 0.2) is 5.96 Å². The highest BCUT2D eigenvalue weighted by atomic mass is 15.3. The van der Waals surface area contributed by atoms with Gasteiger partial charge in [-0.25, -0.2) is 4.99 Å². The van der Waals surface area contributed by atoms with Crippen molar-refractivity contribution in [3.8, 4) is 0 Å². The first kappa shape index (κ1) is 17.1. The average molecular weight is 338 g/mol. The average Bonchev–Trinajstić information content (AvgIpc) is 3.22. The number of nitrogens with one attached hydrogen (secondary N) is 2. The number of nitrogens with zero attached hydrogens (tertiary/aromatic N) is 4. The van der Waals surface area contributed by atoms with E-state index in [1.54, 1.807) is 6.20 Å². The highest BCUT2D eigenvalue weighted by molar-refractivity contribution is 5.80. The molecule has 3 rings (SSSR count). The zero-order valence-electron chi connectivity index (χ0n) is 14.9. The first-order valence-corrected chi connectivity index (χ1v) is 8.81. The van der Waals surface area contributed by atoms with Crippen molar-refractivity contribution in [2.45, 2.75) is 26.4 Å². The van der Waals surface area contributed by atoms with Gasteiger partial charge in [0.1, 0.15) is 0 Å². The molecule has 0 bridgehead atoms. The molecule has 0 spiro atoms. The van der Waals surface area contributed by atoms with Gasteiger partial charge in [-0.2, -0.15) is 5.10 Å². The highest BCUT2D eigenvalue weighted by Gasteiger charge is 2.02. The standard InChI is InChI=1S/C19H26N6/c1-3-20-19(22-15-17-9-12-23-24(17)2)21-11-6-13-25-14-10-16-7-4-5-8-18(16)25/h4-5,7-10,12,14H,3,6,11,13,15H2,1-2H3,(H2,20,21,22). The Bertz CT molecular complexity index is 829. The number of aromatic nitrogens is 3. The Morgan fingerprint density at radius 3 is 2.84 bits per heavy atom. The van der Waals surface area contributed by atoms with Crippen LogP contribution in [0.4, 0.5) is 0 Å². The molecule has 0 fully saturated rings. The zero-order valence-corrected chi connectivity index (χ0v) is 14.9. The summed E-state index contributed by atoms with van der Waals surface area (Å²) in [4.78, 5) is 4.63. The fourth-order valence-corrected chi connectivity index (χ4v) is 2.85. The number of fused-ring (bicyclic) bond motifs is 1. The van der Waals surface area contributed by atoms with E-state index in [1.165, 1.54) is 10.9 Å². The van der Waals surface area contributed by atoms with Crippen molar-refractivity contribution in [1.29, 1.82) is 0 Å². The summed E-state index contributed by atoms with van der Waals surface area (Å²) >= 11 is 0. The van der Waals surface area contributed by atoms with Crippen molar-refractivity contribution in [3.05, 3.63) is 54.5 Å². The van der Waals surface area contributed by atoms with Crippen LogP contribution in [0, 0.1) is 0 Å². The first-order chi connectivity index (χ1) is 12.3. The summed E-state index contributed by atoms with van der Waals surface area (Å²) in [7, 11) is 1.94. The van der Waals surface area contributed by atoms with Crippen LogP contribution in [0.1, 0.15) is 19.0 Å². The van der Waals surface area contributed by atoms with Crippen molar-refractivity contribution in [3.63, 3.8) is 0 Å². The third-order valence-corrected chi connectivity index (χ3v) is 4.21. The predicted molar refractivity (Wildman–Crippen MR) is 103 cm³/mol. The van der Waals surface area contributed by atoms with E-state index in [9.17, 15) is 0 Å². The van der Waals surface area contributed by atoms with E-state index in [2.05, 4.69) is 68.7 Å². The van der Waals surface area contributed by atoms with E-state index < -0.39 is 0 Å². The van der Waals surface area contributed by atoms with E-state index in [-0.39, 0.29) is 0 Å². The molecule has 0 aliphatic heterocycles. The molecule has 0 saturated heterocycles. The molecule has 132 valence electrons. The molecule has 0 unspecified atom stereocenters. The lowest BCUT2D eigenvalue weighted by Crippen LogP contribution is -2.38. The molecule has 0 amide bonds. The van der Waals surface area contributed by atoms with Gasteiger partial charge < -0.3 is 15.2 Å². The number of hydrogen-bond acceptors (Lipinski definition) is 2. The Labute approximate surface area is 148 Å². The number of guanidine groups is 1. The first-order valence-electron chi connectivity index (χ1n) is 8.81. The minimum atomic E-state index is 0.619. The molecule has 2 aromatic heterocycles. The van der Waals surface area contributed by atoms with Crippen LogP contribution in [0.5, 0.6) is 0 Å². The Kier molecular flexibility index (Phi) is 5.72. The molecular weight excluding hydrogens is 312 g/mol. The van der Waals surface area contributed by atoms with Crippen molar-refractivity contribution >= 4 is 16.9 Å². The third-order valence-electron chi connectivity index (χ3n) is 4.21. The predicted octanol–water partition coefficient (Wildman–Crippen LogP) is 2.52. The van der Waals surface area contributed by atoms with Gasteiger partial charge in [0, 0.05) is 44.6 Å².